The zero-order valence-corrected chi connectivity index (χ0v) is 14.0. The van der Waals surface area contributed by atoms with Gasteiger partial charge in [-0.15, -0.1) is 11.6 Å². The van der Waals surface area contributed by atoms with Crippen molar-refractivity contribution in [1.29, 1.82) is 0 Å². The Morgan fingerprint density at radius 3 is 2.63 bits per heavy atom. The van der Waals surface area contributed by atoms with Crippen LogP contribution in [0.1, 0.15) is 24.0 Å². The number of anilines is 1. The van der Waals surface area contributed by atoms with Crippen molar-refractivity contribution in [3.8, 4) is 0 Å². The van der Waals surface area contributed by atoms with Crippen LogP contribution in [0.5, 0.6) is 0 Å². The fourth-order valence-corrected chi connectivity index (χ4v) is 2.36. The van der Waals surface area contributed by atoms with Crippen LogP contribution >= 0.6 is 39.7 Å². The van der Waals surface area contributed by atoms with Gasteiger partial charge in [0, 0.05) is 16.8 Å². The molecule has 0 heterocycles. The molecule has 0 unspecified atom stereocenters. The number of amides is 1. The van der Waals surface area contributed by atoms with E-state index in [1.165, 1.54) is 5.56 Å². The minimum absolute atomic E-state index is 0.127. The minimum Gasteiger partial charge on any atom is -0.331 e. The second-order valence-electron chi connectivity index (χ2n) is 4.21. The van der Waals surface area contributed by atoms with E-state index in [9.17, 15) is 4.79 Å². The van der Waals surface area contributed by atoms with Crippen LogP contribution in [0.2, 0.25) is 0 Å². The molecule has 0 aromatic heterocycles. The van der Waals surface area contributed by atoms with Gasteiger partial charge in [-0.3, -0.25) is 4.79 Å². The van der Waals surface area contributed by atoms with Gasteiger partial charge >= 0.3 is 0 Å². The molecule has 1 rings (SSSR count). The van der Waals surface area contributed by atoms with Crippen molar-refractivity contribution < 1.29 is 4.79 Å². The third-order valence-electron chi connectivity index (χ3n) is 2.62. The van der Waals surface area contributed by atoms with E-state index < -0.39 is 0 Å². The van der Waals surface area contributed by atoms with Gasteiger partial charge in [-0.05, 0) is 71.7 Å². The Morgan fingerprint density at radius 2 is 2.00 bits per heavy atom. The highest BCUT2D eigenvalue weighted by atomic mass is 79.9. The SMILES string of the molecule is Cc1cc(Br)c(NC(=S)NC(=O)CCCCl)cc1C. The van der Waals surface area contributed by atoms with Gasteiger partial charge in [0.1, 0.15) is 0 Å². The summed E-state index contributed by atoms with van der Waals surface area (Å²) in [5, 5.41) is 5.93. The zero-order valence-electron chi connectivity index (χ0n) is 10.8. The number of alkyl halides is 1. The van der Waals surface area contributed by atoms with E-state index in [0.29, 0.717) is 23.8 Å². The summed E-state index contributed by atoms with van der Waals surface area (Å²) in [5.41, 5.74) is 3.18. The molecular formula is C13H16BrClN2OS. The lowest BCUT2D eigenvalue weighted by molar-refractivity contribution is -0.119. The Kier molecular flexibility index (Phi) is 6.75. The average Bonchev–Trinajstić information content (AvgIpc) is 2.33. The fourth-order valence-electron chi connectivity index (χ4n) is 1.45. The standard InChI is InChI=1S/C13H16BrClN2OS/c1-8-6-10(14)11(7-9(8)2)16-13(19)17-12(18)4-3-5-15/h6-7H,3-5H2,1-2H3,(H2,16,17,18,19). The molecule has 104 valence electrons. The second kappa shape index (κ2) is 7.82. The Labute approximate surface area is 132 Å². The van der Waals surface area contributed by atoms with Gasteiger partial charge in [-0.25, -0.2) is 0 Å². The number of nitrogens with one attached hydrogen (secondary N) is 2. The Morgan fingerprint density at radius 1 is 1.37 bits per heavy atom. The maximum atomic E-state index is 11.5. The summed E-state index contributed by atoms with van der Waals surface area (Å²) >= 11 is 14.1. The lowest BCUT2D eigenvalue weighted by Crippen LogP contribution is -2.34. The molecule has 1 aromatic carbocycles. The monoisotopic (exact) mass is 362 g/mol. The number of hydrogen-bond donors (Lipinski definition) is 2. The Bertz CT molecular complexity index is 494. The summed E-state index contributed by atoms with van der Waals surface area (Å²) < 4.78 is 0.910. The zero-order chi connectivity index (χ0) is 14.4. The highest BCUT2D eigenvalue weighted by Gasteiger charge is 2.07. The van der Waals surface area contributed by atoms with Gasteiger partial charge in [0.15, 0.2) is 5.11 Å². The predicted molar refractivity (Wildman–Crippen MR) is 87.9 cm³/mol. The van der Waals surface area contributed by atoms with Crippen LogP contribution in [0.25, 0.3) is 0 Å². The smallest absolute Gasteiger partial charge is 0.226 e. The van der Waals surface area contributed by atoms with Crippen LogP contribution in [-0.4, -0.2) is 16.9 Å². The molecule has 0 aliphatic heterocycles. The number of rotatable bonds is 4. The highest BCUT2D eigenvalue weighted by molar-refractivity contribution is 9.10. The first kappa shape index (κ1) is 16.4. The van der Waals surface area contributed by atoms with E-state index in [4.69, 9.17) is 23.8 Å². The van der Waals surface area contributed by atoms with E-state index in [1.807, 2.05) is 26.0 Å². The van der Waals surface area contributed by atoms with Crippen LogP contribution in [0.3, 0.4) is 0 Å². The summed E-state index contributed by atoms with van der Waals surface area (Å²) in [6.45, 7) is 4.06. The summed E-state index contributed by atoms with van der Waals surface area (Å²) in [7, 11) is 0. The largest absolute Gasteiger partial charge is 0.331 e. The van der Waals surface area contributed by atoms with E-state index >= 15 is 0 Å². The average molecular weight is 364 g/mol. The third-order valence-corrected chi connectivity index (χ3v) is 3.75. The van der Waals surface area contributed by atoms with Crippen molar-refractivity contribution >= 4 is 56.5 Å². The molecule has 0 spiro atoms. The predicted octanol–water partition coefficient (Wildman–Crippen LogP) is 3.90. The van der Waals surface area contributed by atoms with Crippen molar-refractivity contribution in [2.24, 2.45) is 0 Å². The third kappa shape index (κ3) is 5.47. The van der Waals surface area contributed by atoms with E-state index in [0.717, 1.165) is 15.7 Å². The molecule has 0 aliphatic rings. The molecule has 3 nitrogen and oxygen atoms in total. The normalized spacial score (nSPS) is 10.1. The van der Waals surface area contributed by atoms with Crippen LogP contribution in [0.4, 0.5) is 5.69 Å². The first-order valence-corrected chi connectivity index (χ1v) is 7.61. The Hall–Kier alpha value is -0.650. The molecule has 1 amide bonds. The fraction of sp³-hybridized carbons (Fsp3) is 0.385. The lowest BCUT2D eigenvalue weighted by Gasteiger charge is -2.12. The van der Waals surface area contributed by atoms with Gasteiger partial charge in [-0.2, -0.15) is 0 Å². The number of hydrogen-bond acceptors (Lipinski definition) is 2. The van der Waals surface area contributed by atoms with Crippen LogP contribution < -0.4 is 10.6 Å². The molecule has 1 aromatic rings. The van der Waals surface area contributed by atoms with Gasteiger partial charge in [-0.1, -0.05) is 0 Å². The second-order valence-corrected chi connectivity index (χ2v) is 5.85. The molecule has 0 aliphatic carbocycles. The molecule has 0 atom stereocenters. The van der Waals surface area contributed by atoms with E-state index in [1.54, 1.807) is 0 Å². The summed E-state index contributed by atoms with van der Waals surface area (Å²) in [5.74, 6) is 0.342. The number of halogens is 2. The van der Waals surface area contributed by atoms with E-state index in [-0.39, 0.29) is 5.91 Å². The number of carbonyl (C=O) groups excluding carboxylic acids is 1. The first-order valence-electron chi connectivity index (χ1n) is 5.87. The maximum Gasteiger partial charge on any atom is 0.226 e. The summed E-state index contributed by atoms with van der Waals surface area (Å²) in [6.07, 6.45) is 1.02. The Balaban J connectivity index is 2.62. The quantitative estimate of drug-likeness (QED) is 0.630. The molecule has 0 saturated heterocycles. The lowest BCUT2D eigenvalue weighted by atomic mass is 10.1. The molecule has 19 heavy (non-hydrogen) atoms. The minimum atomic E-state index is -0.127. The van der Waals surface area contributed by atoms with E-state index in [2.05, 4.69) is 26.6 Å². The van der Waals surface area contributed by atoms with Crippen LogP contribution in [0.15, 0.2) is 16.6 Å². The van der Waals surface area contributed by atoms with Crippen LogP contribution in [0, 0.1) is 13.8 Å². The van der Waals surface area contributed by atoms with Crippen molar-refractivity contribution in [2.75, 3.05) is 11.2 Å². The molecule has 0 saturated carbocycles. The van der Waals surface area contributed by atoms with Gasteiger partial charge < -0.3 is 10.6 Å². The van der Waals surface area contributed by atoms with Crippen molar-refractivity contribution in [2.45, 2.75) is 26.7 Å². The van der Waals surface area contributed by atoms with Gasteiger partial charge in [0.2, 0.25) is 5.91 Å². The summed E-state index contributed by atoms with van der Waals surface area (Å²) in [6, 6.07) is 3.99. The van der Waals surface area contributed by atoms with Crippen molar-refractivity contribution in [3.05, 3.63) is 27.7 Å². The molecule has 0 bridgehead atoms. The first-order chi connectivity index (χ1) is 8.93. The topological polar surface area (TPSA) is 41.1 Å². The number of benzene rings is 1. The molecule has 0 radical (unpaired) electrons. The number of carbonyl (C=O) groups is 1. The molecule has 0 fully saturated rings. The van der Waals surface area contributed by atoms with Crippen LogP contribution in [-0.2, 0) is 4.79 Å². The maximum absolute atomic E-state index is 11.5. The number of aryl methyl sites for hydroxylation is 2. The molecule has 6 heteroatoms. The molecular weight excluding hydrogens is 348 g/mol. The van der Waals surface area contributed by atoms with Gasteiger partial charge in [0.25, 0.3) is 0 Å². The van der Waals surface area contributed by atoms with Crippen molar-refractivity contribution in [1.82, 2.24) is 5.32 Å². The molecule has 2 N–H and O–H groups in total. The summed E-state index contributed by atoms with van der Waals surface area (Å²) in [4.78, 5) is 11.5. The highest BCUT2D eigenvalue weighted by Crippen LogP contribution is 2.25. The van der Waals surface area contributed by atoms with Crippen molar-refractivity contribution in [3.63, 3.8) is 0 Å². The number of thiocarbonyl (C=S) groups is 1. The van der Waals surface area contributed by atoms with Gasteiger partial charge in [0.05, 0.1) is 5.69 Å².